The van der Waals surface area contributed by atoms with Crippen LogP contribution in [0.2, 0.25) is 0 Å². The Hall–Kier alpha value is -1.91. The molecule has 4 rings (SSSR count). The number of hydrogen-bond donors (Lipinski definition) is 0. The zero-order valence-corrected chi connectivity index (χ0v) is 9.87. The molecule has 1 saturated carbocycles. The predicted molar refractivity (Wildman–Crippen MR) is 61.5 cm³/mol. The molecule has 1 aromatic rings. The molecule has 1 aliphatic heterocycles. The smallest absolute Gasteiger partial charge is 0.239 e. The van der Waals surface area contributed by atoms with Gasteiger partial charge in [0.25, 0.3) is 0 Å². The Balaban J connectivity index is 1.76. The van der Waals surface area contributed by atoms with E-state index in [9.17, 15) is 9.59 Å². The van der Waals surface area contributed by atoms with Gasteiger partial charge in [0.1, 0.15) is 5.76 Å². The van der Waals surface area contributed by atoms with Crippen molar-refractivity contribution in [1.29, 1.82) is 0 Å². The molecule has 1 aromatic heterocycles. The van der Waals surface area contributed by atoms with E-state index in [0.29, 0.717) is 11.6 Å². The molecule has 18 heavy (non-hydrogen) atoms. The van der Waals surface area contributed by atoms with Crippen molar-refractivity contribution in [3.05, 3.63) is 24.0 Å². The van der Waals surface area contributed by atoms with E-state index in [1.807, 2.05) is 0 Å². The Labute approximate surface area is 103 Å². The van der Waals surface area contributed by atoms with Gasteiger partial charge in [-0.05, 0) is 25.2 Å². The van der Waals surface area contributed by atoms with E-state index in [1.54, 1.807) is 13.0 Å². The van der Waals surface area contributed by atoms with Gasteiger partial charge in [0.05, 0.1) is 11.8 Å². The molecule has 5 heteroatoms. The number of hydrogen-bond acceptors (Lipinski definition) is 4. The van der Waals surface area contributed by atoms with Crippen molar-refractivity contribution in [3.8, 4) is 0 Å². The van der Waals surface area contributed by atoms with Crippen LogP contribution < -0.4 is 4.90 Å². The topological polar surface area (TPSA) is 63.4 Å². The molecule has 4 atom stereocenters. The molecule has 0 N–H and O–H groups in total. The van der Waals surface area contributed by atoms with Crippen LogP contribution in [0, 0.1) is 30.6 Å². The van der Waals surface area contributed by atoms with Crippen LogP contribution in [-0.2, 0) is 9.59 Å². The van der Waals surface area contributed by atoms with Gasteiger partial charge in [-0.2, -0.15) is 0 Å². The van der Waals surface area contributed by atoms with E-state index in [1.165, 1.54) is 4.90 Å². The number of carbonyl (C=O) groups is 2. The minimum absolute atomic E-state index is 0.116. The second-order valence-electron chi connectivity index (χ2n) is 5.31. The Kier molecular flexibility index (Phi) is 1.73. The number of aromatic nitrogens is 1. The van der Waals surface area contributed by atoms with Crippen molar-refractivity contribution < 1.29 is 14.1 Å². The highest BCUT2D eigenvalue weighted by Crippen LogP contribution is 2.53. The molecule has 0 aromatic carbocycles. The lowest BCUT2D eigenvalue weighted by Gasteiger charge is -2.14. The van der Waals surface area contributed by atoms with Crippen molar-refractivity contribution in [1.82, 2.24) is 5.16 Å². The van der Waals surface area contributed by atoms with E-state index < -0.39 is 0 Å². The summed E-state index contributed by atoms with van der Waals surface area (Å²) in [7, 11) is 0. The van der Waals surface area contributed by atoms with E-state index >= 15 is 0 Å². The summed E-state index contributed by atoms with van der Waals surface area (Å²) in [5.41, 5.74) is 0. The zero-order valence-electron chi connectivity index (χ0n) is 9.87. The van der Waals surface area contributed by atoms with Gasteiger partial charge in [-0.25, -0.2) is 4.90 Å². The van der Waals surface area contributed by atoms with E-state index in [4.69, 9.17) is 4.52 Å². The maximum Gasteiger partial charge on any atom is 0.239 e. The third-order valence-electron chi connectivity index (χ3n) is 4.31. The second-order valence-corrected chi connectivity index (χ2v) is 5.31. The summed E-state index contributed by atoms with van der Waals surface area (Å²) < 4.78 is 4.95. The van der Waals surface area contributed by atoms with Crippen LogP contribution in [0.5, 0.6) is 0 Å². The highest BCUT2D eigenvalue weighted by molar-refractivity contribution is 6.22. The number of fused-ring (bicyclic) bond motifs is 5. The first-order valence-electron chi connectivity index (χ1n) is 6.16. The maximum atomic E-state index is 12.4. The SMILES string of the molecule is Cc1cc(N2C(=O)[C@@H]3[C@H](C2=O)[C@@H]2C=C[C@@H]3C2)no1. The minimum Gasteiger partial charge on any atom is -0.360 e. The van der Waals surface area contributed by atoms with Crippen LogP contribution in [0.25, 0.3) is 0 Å². The average molecular weight is 244 g/mol. The van der Waals surface area contributed by atoms with Crippen LogP contribution in [0.15, 0.2) is 22.7 Å². The van der Waals surface area contributed by atoms with Gasteiger partial charge < -0.3 is 4.52 Å². The summed E-state index contributed by atoms with van der Waals surface area (Å²) in [6.45, 7) is 1.74. The Morgan fingerprint density at radius 2 is 1.83 bits per heavy atom. The lowest BCUT2D eigenvalue weighted by Crippen LogP contribution is -2.33. The van der Waals surface area contributed by atoms with Crippen molar-refractivity contribution >= 4 is 17.6 Å². The molecule has 2 aliphatic carbocycles. The Morgan fingerprint density at radius 1 is 1.22 bits per heavy atom. The van der Waals surface area contributed by atoms with Crippen LogP contribution in [0.1, 0.15) is 12.2 Å². The van der Waals surface area contributed by atoms with Crippen LogP contribution in [-0.4, -0.2) is 17.0 Å². The standard InChI is InChI=1S/C13H12N2O3/c1-6-4-9(14-18-6)15-12(16)10-7-2-3-8(5-7)11(10)13(15)17/h2-4,7-8,10-11H,5H2,1H3/t7-,8-,10-,11+/m1/s1. The molecule has 0 unspecified atom stereocenters. The number of anilines is 1. The number of amides is 2. The fourth-order valence-corrected chi connectivity index (χ4v) is 3.59. The molecule has 5 nitrogen and oxygen atoms in total. The van der Waals surface area contributed by atoms with Gasteiger partial charge in [0.2, 0.25) is 11.8 Å². The van der Waals surface area contributed by atoms with Crippen LogP contribution in [0.4, 0.5) is 5.82 Å². The summed E-state index contributed by atoms with van der Waals surface area (Å²) in [6.07, 6.45) is 5.10. The molecule has 2 heterocycles. The quantitative estimate of drug-likeness (QED) is 0.551. The molecule has 2 fully saturated rings. The molecule has 1 saturated heterocycles. The fraction of sp³-hybridized carbons (Fsp3) is 0.462. The molecular formula is C13H12N2O3. The first kappa shape index (κ1) is 10.1. The third kappa shape index (κ3) is 1.04. The van der Waals surface area contributed by atoms with Gasteiger partial charge in [-0.15, -0.1) is 0 Å². The summed E-state index contributed by atoms with van der Waals surface area (Å²) in [6, 6.07) is 1.63. The average Bonchev–Trinajstić information content (AvgIpc) is 3.05. The van der Waals surface area contributed by atoms with Gasteiger partial charge in [-0.1, -0.05) is 17.3 Å². The van der Waals surface area contributed by atoms with Crippen molar-refractivity contribution in [2.75, 3.05) is 4.90 Å². The molecule has 92 valence electrons. The lowest BCUT2D eigenvalue weighted by atomic mass is 9.85. The van der Waals surface area contributed by atoms with E-state index in [0.717, 1.165) is 6.42 Å². The number of carbonyl (C=O) groups excluding carboxylic acids is 2. The number of allylic oxidation sites excluding steroid dienone is 2. The number of imide groups is 1. The van der Waals surface area contributed by atoms with Gasteiger partial charge in [-0.3, -0.25) is 9.59 Å². The second kappa shape index (κ2) is 3.10. The van der Waals surface area contributed by atoms with Crippen molar-refractivity contribution in [2.24, 2.45) is 23.7 Å². The van der Waals surface area contributed by atoms with Crippen molar-refractivity contribution in [3.63, 3.8) is 0 Å². The first-order valence-corrected chi connectivity index (χ1v) is 6.16. The highest BCUT2D eigenvalue weighted by atomic mass is 16.5. The number of nitrogens with zero attached hydrogens (tertiary/aromatic N) is 2. The highest BCUT2D eigenvalue weighted by Gasteiger charge is 2.60. The van der Waals surface area contributed by atoms with Crippen LogP contribution >= 0.6 is 0 Å². The summed E-state index contributed by atoms with van der Waals surface area (Å²) in [5, 5.41) is 3.79. The molecule has 3 aliphatic rings. The number of aryl methyl sites for hydroxylation is 1. The predicted octanol–water partition coefficient (Wildman–Crippen LogP) is 1.29. The van der Waals surface area contributed by atoms with Crippen LogP contribution in [0.3, 0.4) is 0 Å². The summed E-state index contributed by atoms with van der Waals surface area (Å²) in [4.78, 5) is 26.0. The Morgan fingerprint density at radius 3 is 2.33 bits per heavy atom. The zero-order chi connectivity index (χ0) is 12.4. The molecule has 2 bridgehead atoms. The fourth-order valence-electron chi connectivity index (χ4n) is 3.59. The van der Waals surface area contributed by atoms with Crippen molar-refractivity contribution in [2.45, 2.75) is 13.3 Å². The molecule has 0 radical (unpaired) electrons. The van der Waals surface area contributed by atoms with Gasteiger partial charge in [0.15, 0.2) is 5.82 Å². The molecule has 2 amide bonds. The minimum atomic E-state index is -0.176. The maximum absolute atomic E-state index is 12.4. The summed E-state index contributed by atoms with van der Waals surface area (Å²) >= 11 is 0. The van der Waals surface area contributed by atoms with E-state index in [2.05, 4.69) is 17.3 Å². The van der Waals surface area contributed by atoms with Gasteiger partial charge >= 0.3 is 0 Å². The first-order chi connectivity index (χ1) is 8.66. The normalized spacial score (nSPS) is 36.8. The largest absolute Gasteiger partial charge is 0.360 e. The number of rotatable bonds is 1. The summed E-state index contributed by atoms with van der Waals surface area (Å²) in [5.74, 6) is 0.809. The molecule has 0 spiro atoms. The third-order valence-corrected chi connectivity index (χ3v) is 4.31. The molecular weight excluding hydrogens is 232 g/mol. The Bertz CT molecular complexity index is 559. The monoisotopic (exact) mass is 244 g/mol. The lowest BCUT2D eigenvalue weighted by molar-refractivity contribution is -0.123. The van der Waals surface area contributed by atoms with E-state index in [-0.39, 0.29) is 35.5 Å². The van der Waals surface area contributed by atoms with Gasteiger partial charge in [0, 0.05) is 6.07 Å².